The van der Waals surface area contributed by atoms with Crippen molar-refractivity contribution < 1.29 is 9.53 Å². The zero-order valence-corrected chi connectivity index (χ0v) is 10.5. The number of benzene rings is 1. The summed E-state index contributed by atoms with van der Waals surface area (Å²) < 4.78 is 5.56. The van der Waals surface area contributed by atoms with E-state index in [9.17, 15) is 4.79 Å². The molecule has 1 aromatic carbocycles. The topological polar surface area (TPSA) is 50.1 Å². The smallest absolute Gasteiger partial charge is 0.163 e. The first-order valence-corrected chi connectivity index (χ1v) is 5.60. The van der Waals surface area contributed by atoms with Crippen LogP contribution in [0.1, 0.15) is 37.6 Å². The molecule has 1 aromatic rings. The molecule has 0 saturated carbocycles. The van der Waals surface area contributed by atoms with E-state index < -0.39 is 5.41 Å². The zero-order valence-electron chi connectivity index (χ0n) is 10.5. The largest absolute Gasteiger partial charge is 0.493 e. The molecule has 0 fully saturated rings. The SMILES string of the molecule is CC(=O)c1ccccc1OCCC(C)(C)C#N. The Kier molecular flexibility index (Phi) is 4.28. The lowest BCUT2D eigenvalue weighted by Gasteiger charge is -2.16. The van der Waals surface area contributed by atoms with E-state index in [1.807, 2.05) is 26.0 Å². The van der Waals surface area contributed by atoms with Gasteiger partial charge in [0, 0.05) is 0 Å². The standard InChI is InChI=1S/C14H17NO2/c1-11(16)12-6-4-5-7-13(12)17-9-8-14(2,3)10-15/h4-7H,8-9H2,1-3H3. The summed E-state index contributed by atoms with van der Waals surface area (Å²) >= 11 is 0. The number of nitriles is 1. The summed E-state index contributed by atoms with van der Waals surface area (Å²) in [4.78, 5) is 11.4. The minimum Gasteiger partial charge on any atom is -0.493 e. The van der Waals surface area contributed by atoms with Gasteiger partial charge < -0.3 is 4.74 Å². The Bertz CT molecular complexity index is 444. The summed E-state index contributed by atoms with van der Waals surface area (Å²) in [6, 6.07) is 9.37. The molecular weight excluding hydrogens is 214 g/mol. The van der Waals surface area contributed by atoms with Crippen molar-refractivity contribution in [2.24, 2.45) is 5.41 Å². The number of nitrogens with zero attached hydrogens (tertiary/aromatic N) is 1. The van der Waals surface area contributed by atoms with Crippen LogP contribution >= 0.6 is 0 Å². The van der Waals surface area contributed by atoms with Gasteiger partial charge in [-0.05, 0) is 39.3 Å². The fourth-order valence-electron chi connectivity index (χ4n) is 1.36. The highest BCUT2D eigenvalue weighted by molar-refractivity contribution is 5.96. The summed E-state index contributed by atoms with van der Waals surface area (Å²) in [5.74, 6) is 0.578. The molecule has 17 heavy (non-hydrogen) atoms. The Balaban J connectivity index is 2.65. The van der Waals surface area contributed by atoms with Gasteiger partial charge in [-0.3, -0.25) is 4.79 Å². The first-order chi connectivity index (χ1) is 7.96. The third kappa shape index (κ3) is 3.92. The van der Waals surface area contributed by atoms with Crippen LogP contribution in [0.2, 0.25) is 0 Å². The molecule has 0 unspecified atom stereocenters. The van der Waals surface area contributed by atoms with E-state index in [2.05, 4.69) is 6.07 Å². The fourth-order valence-corrected chi connectivity index (χ4v) is 1.36. The van der Waals surface area contributed by atoms with Crippen LogP contribution in [0.25, 0.3) is 0 Å². The van der Waals surface area contributed by atoms with Crippen LogP contribution in [0.15, 0.2) is 24.3 Å². The molecule has 0 radical (unpaired) electrons. The lowest BCUT2D eigenvalue weighted by atomic mass is 9.92. The predicted molar refractivity (Wildman–Crippen MR) is 66.0 cm³/mol. The zero-order chi connectivity index (χ0) is 12.9. The lowest BCUT2D eigenvalue weighted by Crippen LogP contribution is -2.13. The van der Waals surface area contributed by atoms with Crippen molar-refractivity contribution >= 4 is 5.78 Å². The minimum atomic E-state index is -0.398. The van der Waals surface area contributed by atoms with E-state index in [0.717, 1.165) is 0 Å². The summed E-state index contributed by atoms with van der Waals surface area (Å²) in [5.41, 5.74) is 0.188. The maximum absolute atomic E-state index is 11.4. The molecule has 0 aliphatic carbocycles. The highest BCUT2D eigenvalue weighted by Gasteiger charge is 2.17. The molecule has 0 bridgehead atoms. The molecule has 0 aliphatic heterocycles. The second-order valence-electron chi connectivity index (χ2n) is 4.65. The van der Waals surface area contributed by atoms with Gasteiger partial charge in [0.1, 0.15) is 5.75 Å². The third-order valence-electron chi connectivity index (χ3n) is 2.55. The van der Waals surface area contributed by atoms with Gasteiger partial charge >= 0.3 is 0 Å². The molecule has 0 amide bonds. The Morgan fingerprint density at radius 2 is 2.06 bits per heavy atom. The van der Waals surface area contributed by atoms with Crippen molar-refractivity contribution in [1.29, 1.82) is 5.26 Å². The normalized spacial score (nSPS) is 10.7. The molecule has 0 spiro atoms. The number of para-hydroxylation sites is 1. The molecule has 3 heteroatoms. The number of hydrogen-bond donors (Lipinski definition) is 0. The fraction of sp³-hybridized carbons (Fsp3) is 0.429. The molecule has 0 saturated heterocycles. The average Bonchev–Trinajstić information content (AvgIpc) is 2.29. The third-order valence-corrected chi connectivity index (χ3v) is 2.55. The highest BCUT2D eigenvalue weighted by atomic mass is 16.5. The predicted octanol–water partition coefficient (Wildman–Crippen LogP) is 3.21. The Morgan fingerprint density at radius 1 is 1.41 bits per heavy atom. The lowest BCUT2D eigenvalue weighted by molar-refractivity contribution is 0.101. The van der Waals surface area contributed by atoms with E-state index >= 15 is 0 Å². The van der Waals surface area contributed by atoms with Crippen LogP contribution in [0.3, 0.4) is 0 Å². The van der Waals surface area contributed by atoms with Gasteiger partial charge in [0.2, 0.25) is 0 Å². The minimum absolute atomic E-state index is 0.0138. The molecular formula is C14H17NO2. The molecule has 0 atom stereocenters. The molecule has 1 rings (SSSR count). The molecule has 0 aromatic heterocycles. The van der Waals surface area contributed by atoms with Crippen LogP contribution in [-0.4, -0.2) is 12.4 Å². The van der Waals surface area contributed by atoms with Gasteiger partial charge in [-0.25, -0.2) is 0 Å². The van der Waals surface area contributed by atoms with Crippen molar-refractivity contribution in [3.05, 3.63) is 29.8 Å². The molecule has 0 aliphatic rings. The number of ketones is 1. The summed E-state index contributed by atoms with van der Waals surface area (Å²) in [6.07, 6.45) is 0.635. The van der Waals surface area contributed by atoms with E-state index in [4.69, 9.17) is 10.00 Å². The van der Waals surface area contributed by atoms with E-state index in [1.54, 1.807) is 12.1 Å². The summed E-state index contributed by atoms with van der Waals surface area (Å²) in [7, 11) is 0. The first kappa shape index (κ1) is 13.2. The number of hydrogen-bond acceptors (Lipinski definition) is 3. The number of Topliss-reactive ketones (excluding diaryl/α,β-unsaturated/α-hetero) is 1. The van der Waals surface area contributed by atoms with Gasteiger partial charge in [-0.15, -0.1) is 0 Å². The van der Waals surface area contributed by atoms with Crippen molar-refractivity contribution in [2.75, 3.05) is 6.61 Å². The average molecular weight is 231 g/mol. The van der Waals surface area contributed by atoms with E-state index in [0.29, 0.717) is 24.3 Å². The van der Waals surface area contributed by atoms with Gasteiger partial charge in [-0.2, -0.15) is 5.26 Å². The Labute approximate surface area is 102 Å². The van der Waals surface area contributed by atoms with Gasteiger partial charge in [0.05, 0.1) is 23.7 Å². The van der Waals surface area contributed by atoms with Gasteiger partial charge in [-0.1, -0.05) is 12.1 Å². The summed E-state index contributed by atoms with van der Waals surface area (Å²) in [6.45, 7) is 5.69. The van der Waals surface area contributed by atoms with Crippen molar-refractivity contribution in [1.82, 2.24) is 0 Å². The van der Waals surface area contributed by atoms with Gasteiger partial charge in [0.15, 0.2) is 5.78 Å². The molecule has 0 heterocycles. The second-order valence-corrected chi connectivity index (χ2v) is 4.65. The molecule has 90 valence electrons. The maximum Gasteiger partial charge on any atom is 0.163 e. The van der Waals surface area contributed by atoms with Crippen molar-refractivity contribution in [2.45, 2.75) is 27.2 Å². The van der Waals surface area contributed by atoms with Gasteiger partial charge in [0.25, 0.3) is 0 Å². The Hall–Kier alpha value is -1.82. The van der Waals surface area contributed by atoms with Crippen LogP contribution in [0.5, 0.6) is 5.75 Å². The summed E-state index contributed by atoms with van der Waals surface area (Å²) in [5, 5.41) is 8.87. The number of ether oxygens (including phenoxy) is 1. The quantitative estimate of drug-likeness (QED) is 0.731. The van der Waals surface area contributed by atoms with Crippen molar-refractivity contribution in [3.63, 3.8) is 0 Å². The van der Waals surface area contributed by atoms with E-state index in [-0.39, 0.29) is 5.78 Å². The van der Waals surface area contributed by atoms with Crippen LogP contribution < -0.4 is 4.74 Å². The molecule has 0 N–H and O–H groups in total. The molecule has 3 nitrogen and oxygen atoms in total. The van der Waals surface area contributed by atoms with Crippen LogP contribution in [-0.2, 0) is 0 Å². The second kappa shape index (κ2) is 5.49. The maximum atomic E-state index is 11.4. The number of carbonyl (C=O) groups is 1. The van der Waals surface area contributed by atoms with E-state index in [1.165, 1.54) is 6.92 Å². The first-order valence-electron chi connectivity index (χ1n) is 5.60. The van der Waals surface area contributed by atoms with Crippen LogP contribution in [0.4, 0.5) is 0 Å². The number of carbonyl (C=O) groups excluding carboxylic acids is 1. The monoisotopic (exact) mass is 231 g/mol. The van der Waals surface area contributed by atoms with Crippen LogP contribution in [0, 0.1) is 16.7 Å². The Morgan fingerprint density at radius 3 is 2.65 bits per heavy atom. The highest BCUT2D eigenvalue weighted by Crippen LogP contribution is 2.22. The van der Waals surface area contributed by atoms with Crippen molar-refractivity contribution in [3.8, 4) is 11.8 Å². The number of rotatable bonds is 5.